The monoisotopic (exact) mass is 206 g/mol. The molecule has 0 amide bonds. The molecule has 0 aliphatic heterocycles. The van der Waals surface area contributed by atoms with Crippen LogP contribution in [0.15, 0.2) is 23.5 Å². The molecule has 14 heavy (non-hydrogen) atoms. The Morgan fingerprint density at radius 1 is 1.29 bits per heavy atom. The number of hydrogen-bond acceptors (Lipinski definition) is 2. The van der Waals surface area contributed by atoms with Crippen molar-refractivity contribution in [1.29, 1.82) is 0 Å². The van der Waals surface area contributed by atoms with Crippen LogP contribution >= 0.6 is 0 Å². The van der Waals surface area contributed by atoms with Crippen molar-refractivity contribution in [2.45, 2.75) is 20.0 Å². The van der Waals surface area contributed by atoms with Gasteiger partial charge in [-0.05, 0) is 19.1 Å². The highest BCUT2D eigenvalue weighted by atomic mass is 19.4. The van der Waals surface area contributed by atoms with Gasteiger partial charge in [0, 0.05) is 17.3 Å². The molecule has 0 fully saturated rings. The minimum atomic E-state index is -4.38. The van der Waals surface area contributed by atoms with Gasteiger partial charge in [0.2, 0.25) is 0 Å². The predicted molar refractivity (Wildman–Crippen MR) is 47.9 cm³/mol. The third kappa shape index (κ3) is 1.27. The first-order chi connectivity index (χ1) is 6.21. The molecule has 80 valence electrons. The van der Waals surface area contributed by atoms with Gasteiger partial charge in [0.05, 0.1) is 0 Å². The molecule has 0 aromatic heterocycles. The zero-order valence-electron chi connectivity index (χ0n) is 8.02. The minimum Gasteiger partial charge on any atom is -0.402 e. The quantitative estimate of drug-likeness (QED) is 0.635. The molecule has 0 saturated carbocycles. The average molecular weight is 206 g/mol. The van der Waals surface area contributed by atoms with Crippen LogP contribution in [0.2, 0.25) is 0 Å². The standard InChI is InChI=1S/C9H13F3N2/c1-5-6(13)3-4-7(14)8(5,2)9(10,11)12/h3-5H,13-14H2,1-2H3. The lowest BCUT2D eigenvalue weighted by Crippen LogP contribution is -2.47. The van der Waals surface area contributed by atoms with Crippen LogP contribution in [-0.2, 0) is 0 Å². The van der Waals surface area contributed by atoms with E-state index >= 15 is 0 Å². The maximum Gasteiger partial charge on any atom is 0.400 e. The van der Waals surface area contributed by atoms with Crippen LogP contribution in [0.25, 0.3) is 0 Å². The Morgan fingerprint density at radius 3 is 2.14 bits per heavy atom. The Labute approximate surface area is 80.5 Å². The SMILES string of the molecule is CC1C(N)=CC=C(N)C1(C)C(F)(F)F. The van der Waals surface area contributed by atoms with Crippen molar-refractivity contribution < 1.29 is 13.2 Å². The summed E-state index contributed by atoms with van der Waals surface area (Å²) in [7, 11) is 0. The van der Waals surface area contributed by atoms with Crippen LogP contribution < -0.4 is 11.5 Å². The summed E-state index contributed by atoms with van der Waals surface area (Å²) < 4.78 is 38.4. The van der Waals surface area contributed by atoms with Crippen molar-refractivity contribution in [3.05, 3.63) is 23.5 Å². The van der Waals surface area contributed by atoms with Gasteiger partial charge in [0.25, 0.3) is 0 Å². The van der Waals surface area contributed by atoms with E-state index in [1.165, 1.54) is 19.1 Å². The molecular formula is C9H13F3N2. The number of rotatable bonds is 0. The van der Waals surface area contributed by atoms with Gasteiger partial charge in [-0.3, -0.25) is 0 Å². The van der Waals surface area contributed by atoms with E-state index < -0.39 is 17.5 Å². The summed E-state index contributed by atoms with van der Waals surface area (Å²) in [6.07, 6.45) is -1.73. The Kier molecular flexibility index (Phi) is 2.29. The molecule has 0 saturated heterocycles. The molecule has 0 spiro atoms. The molecule has 0 aromatic rings. The number of nitrogens with two attached hydrogens (primary N) is 2. The topological polar surface area (TPSA) is 52.0 Å². The number of halogens is 3. The molecule has 0 bridgehead atoms. The molecule has 1 aliphatic carbocycles. The molecule has 2 atom stereocenters. The Hall–Kier alpha value is -1.13. The van der Waals surface area contributed by atoms with Gasteiger partial charge in [-0.15, -0.1) is 0 Å². The van der Waals surface area contributed by atoms with Gasteiger partial charge in [-0.2, -0.15) is 13.2 Å². The molecule has 1 aliphatic rings. The van der Waals surface area contributed by atoms with Gasteiger partial charge in [-0.1, -0.05) is 6.92 Å². The molecular weight excluding hydrogens is 193 g/mol. The fourth-order valence-corrected chi connectivity index (χ4v) is 1.50. The maximum absolute atomic E-state index is 12.8. The second-order valence-electron chi connectivity index (χ2n) is 3.71. The Bertz CT molecular complexity index is 304. The number of alkyl halides is 3. The zero-order chi connectivity index (χ0) is 11.1. The van der Waals surface area contributed by atoms with E-state index in [-0.39, 0.29) is 11.4 Å². The summed E-state index contributed by atoms with van der Waals surface area (Å²) >= 11 is 0. The van der Waals surface area contributed by atoms with E-state index in [0.29, 0.717) is 0 Å². The van der Waals surface area contributed by atoms with Crippen molar-refractivity contribution >= 4 is 0 Å². The molecule has 0 heterocycles. The van der Waals surface area contributed by atoms with E-state index in [1.54, 1.807) is 0 Å². The highest BCUT2D eigenvalue weighted by molar-refractivity contribution is 5.31. The summed E-state index contributed by atoms with van der Waals surface area (Å²) in [5.74, 6) is -0.826. The van der Waals surface area contributed by atoms with Gasteiger partial charge in [0.15, 0.2) is 0 Å². The van der Waals surface area contributed by atoms with Crippen molar-refractivity contribution in [3.8, 4) is 0 Å². The van der Waals surface area contributed by atoms with Crippen molar-refractivity contribution in [2.24, 2.45) is 22.8 Å². The van der Waals surface area contributed by atoms with Crippen molar-refractivity contribution in [1.82, 2.24) is 0 Å². The Morgan fingerprint density at radius 2 is 1.79 bits per heavy atom. The lowest BCUT2D eigenvalue weighted by Gasteiger charge is -2.40. The maximum atomic E-state index is 12.8. The summed E-state index contributed by atoms with van der Waals surface area (Å²) in [6, 6.07) is 0. The summed E-state index contributed by atoms with van der Waals surface area (Å²) in [5.41, 5.74) is 8.84. The largest absolute Gasteiger partial charge is 0.402 e. The van der Waals surface area contributed by atoms with Crippen LogP contribution in [0.3, 0.4) is 0 Å². The van der Waals surface area contributed by atoms with Crippen molar-refractivity contribution in [3.63, 3.8) is 0 Å². The summed E-state index contributed by atoms with van der Waals surface area (Å²) in [6.45, 7) is 2.50. The van der Waals surface area contributed by atoms with E-state index in [2.05, 4.69) is 0 Å². The van der Waals surface area contributed by atoms with E-state index in [9.17, 15) is 13.2 Å². The molecule has 5 heteroatoms. The van der Waals surface area contributed by atoms with Crippen LogP contribution in [0.1, 0.15) is 13.8 Å². The number of allylic oxidation sites excluding steroid dienone is 4. The van der Waals surface area contributed by atoms with E-state index in [0.717, 1.165) is 6.92 Å². The fourth-order valence-electron chi connectivity index (χ4n) is 1.50. The second kappa shape index (κ2) is 2.93. The minimum absolute atomic E-state index is 0.188. The van der Waals surface area contributed by atoms with Crippen LogP contribution in [0.5, 0.6) is 0 Å². The smallest absolute Gasteiger partial charge is 0.400 e. The summed E-state index contributed by atoms with van der Waals surface area (Å²) in [4.78, 5) is 0. The lowest BCUT2D eigenvalue weighted by atomic mass is 9.71. The Balaban J connectivity index is 3.23. The molecule has 0 aromatic carbocycles. The van der Waals surface area contributed by atoms with Gasteiger partial charge < -0.3 is 11.5 Å². The molecule has 0 radical (unpaired) electrons. The van der Waals surface area contributed by atoms with Gasteiger partial charge in [-0.25, -0.2) is 0 Å². The van der Waals surface area contributed by atoms with Gasteiger partial charge in [0.1, 0.15) is 5.41 Å². The summed E-state index contributed by atoms with van der Waals surface area (Å²) in [5, 5.41) is 0. The normalized spacial score (nSPS) is 33.6. The first kappa shape index (κ1) is 10.9. The second-order valence-corrected chi connectivity index (χ2v) is 3.71. The average Bonchev–Trinajstić information content (AvgIpc) is 2.06. The van der Waals surface area contributed by atoms with E-state index in [4.69, 9.17) is 11.5 Å². The highest BCUT2D eigenvalue weighted by Gasteiger charge is 2.57. The third-order valence-electron chi connectivity index (χ3n) is 3.01. The highest BCUT2D eigenvalue weighted by Crippen LogP contribution is 2.50. The van der Waals surface area contributed by atoms with Crippen molar-refractivity contribution in [2.75, 3.05) is 0 Å². The fraction of sp³-hybridized carbons (Fsp3) is 0.556. The molecule has 2 nitrogen and oxygen atoms in total. The molecule has 2 unspecified atom stereocenters. The van der Waals surface area contributed by atoms with E-state index in [1.807, 2.05) is 0 Å². The first-order valence-electron chi connectivity index (χ1n) is 4.21. The predicted octanol–water partition coefficient (Wildman–Crippen LogP) is 1.89. The lowest BCUT2D eigenvalue weighted by molar-refractivity contribution is -0.216. The first-order valence-corrected chi connectivity index (χ1v) is 4.21. The van der Waals surface area contributed by atoms with Crippen LogP contribution in [0, 0.1) is 11.3 Å². The zero-order valence-corrected chi connectivity index (χ0v) is 8.02. The molecule has 4 N–H and O–H groups in total. The molecule has 1 rings (SSSR count). The van der Waals surface area contributed by atoms with Crippen LogP contribution in [0.4, 0.5) is 13.2 Å². The third-order valence-corrected chi connectivity index (χ3v) is 3.01. The van der Waals surface area contributed by atoms with Gasteiger partial charge >= 0.3 is 6.18 Å². The number of hydrogen-bond donors (Lipinski definition) is 2. The van der Waals surface area contributed by atoms with Crippen LogP contribution in [-0.4, -0.2) is 6.18 Å².